The van der Waals surface area contributed by atoms with Crippen LogP contribution < -0.4 is 9.47 Å². The van der Waals surface area contributed by atoms with E-state index >= 15 is 0 Å². The van der Waals surface area contributed by atoms with E-state index in [1.54, 1.807) is 30.3 Å². The lowest BCUT2D eigenvalue weighted by Crippen LogP contribution is -2.06. The molecule has 0 saturated heterocycles. The number of fused-ring (bicyclic) bond motifs is 1. The summed E-state index contributed by atoms with van der Waals surface area (Å²) in [7, 11) is 3.05. The Morgan fingerprint density at radius 1 is 1.23 bits per heavy atom. The summed E-state index contributed by atoms with van der Waals surface area (Å²) in [6.45, 7) is -0.474. The first-order valence-corrected chi connectivity index (χ1v) is 8.90. The second-order valence-corrected chi connectivity index (χ2v) is 6.08. The minimum Gasteiger partial charge on any atom is -0.507 e. The van der Waals surface area contributed by atoms with Crippen molar-refractivity contribution < 1.29 is 24.1 Å². The lowest BCUT2D eigenvalue weighted by atomic mass is 10.1. The molecule has 0 atom stereocenters. The summed E-state index contributed by atoms with van der Waals surface area (Å²) in [6, 6.07) is 14.3. The van der Waals surface area contributed by atoms with Gasteiger partial charge in [0.2, 0.25) is 0 Å². The summed E-state index contributed by atoms with van der Waals surface area (Å²) in [5.41, 5.74) is 1.89. The van der Waals surface area contributed by atoms with E-state index < -0.39 is 18.3 Å². The van der Waals surface area contributed by atoms with Crippen LogP contribution in [0.2, 0.25) is 0 Å². The van der Waals surface area contributed by atoms with Gasteiger partial charge in [-0.1, -0.05) is 12.1 Å². The van der Waals surface area contributed by atoms with E-state index in [1.807, 2.05) is 18.2 Å². The van der Waals surface area contributed by atoms with Crippen LogP contribution in [0.15, 0.2) is 54.3 Å². The summed E-state index contributed by atoms with van der Waals surface area (Å²) >= 11 is 0. The molecule has 0 bridgehead atoms. The van der Waals surface area contributed by atoms with Gasteiger partial charge in [0.25, 0.3) is 0 Å². The largest absolute Gasteiger partial charge is 0.507 e. The van der Waals surface area contributed by atoms with Crippen molar-refractivity contribution in [3.8, 4) is 17.6 Å². The number of ether oxygens (including phenoxy) is 3. The molecule has 0 spiro atoms. The van der Waals surface area contributed by atoms with Gasteiger partial charge in [0.1, 0.15) is 29.7 Å². The fourth-order valence-corrected chi connectivity index (χ4v) is 2.71. The molecule has 8 heteroatoms. The summed E-state index contributed by atoms with van der Waals surface area (Å²) in [4.78, 5) is 19.3. The Bertz CT molecular complexity index is 1140. The number of aliphatic hydroxyl groups is 1. The Morgan fingerprint density at radius 2 is 2.03 bits per heavy atom. The van der Waals surface area contributed by atoms with Crippen molar-refractivity contribution in [3.63, 3.8) is 0 Å². The Balaban J connectivity index is 1.71. The maximum absolute atomic E-state index is 12.0. The fourth-order valence-electron chi connectivity index (χ4n) is 2.71. The van der Waals surface area contributed by atoms with Crippen LogP contribution in [0, 0.1) is 11.3 Å². The number of hydrogen-bond acceptors (Lipinski definition) is 7. The van der Waals surface area contributed by atoms with Crippen molar-refractivity contribution in [3.05, 3.63) is 65.7 Å². The van der Waals surface area contributed by atoms with Gasteiger partial charge in [-0.05, 0) is 36.4 Å². The van der Waals surface area contributed by atoms with Crippen molar-refractivity contribution in [1.82, 2.24) is 9.97 Å². The number of methoxy groups -OCH3 is 2. The number of esters is 1. The number of aliphatic hydroxyl groups excluding tert-OH is 1. The Kier molecular flexibility index (Phi) is 6.35. The zero-order valence-corrected chi connectivity index (χ0v) is 16.4. The molecular formula is C22H19N3O5. The number of para-hydroxylation sites is 2. The predicted octanol–water partition coefficient (Wildman–Crippen LogP) is 3.63. The van der Waals surface area contributed by atoms with Crippen LogP contribution >= 0.6 is 0 Å². The number of carbonyl (C=O) groups is 1. The molecule has 8 nitrogen and oxygen atoms in total. The van der Waals surface area contributed by atoms with Crippen LogP contribution in [0.1, 0.15) is 11.4 Å². The van der Waals surface area contributed by atoms with E-state index in [9.17, 15) is 15.2 Å². The normalized spacial score (nSPS) is 11.8. The first-order valence-electron chi connectivity index (χ1n) is 8.90. The monoisotopic (exact) mass is 405 g/mol. The molecule has 2 N–H and O–H groups in total. The van der Waals surface area contributed by atoms with Gasteiger partial charge in [-0.3, -0.25) is 0 Å². The van der Waals surface area contributed by atoms with Crippen LogP contribution in [0.4, 0.5) is 0 Å². The molecule has 0 radical (unpaired) electrons. The molecule has 0 amide bonds. The highest BCUT2D eigenvalue weighted by Crippen LogP contribution is 2.25. The zero-order valence-electron chi connectivity index (χ0n) is 16.4. The van der Waals surface area contributed by atoms with Gasteiger partial charge in [0.15, 0.2) is 11.6 Å². The number of allylic oxidation sites excluding steroid dienone is 1. The topological polar surface area (TPSA) is 117 Å². The van der Waals surface area contributed by atoms with E-state index in [4.69, 9.17) is 14.2 Å². The molecule has 0 aliphatic carbocycles. The van der Waals surface area contributed by atoms with Crippen LogP contribution in [-0.4, -0.2) is 41.9 Å². The first kappa shape index (κ1) is 20.5. The molecule has 0 aliphatic rings. The zero-order chi connectivity index (χ0) is 21.5. The number of benzene rings is 2. The minimum absolute atomic E-state index is 0.0996. The molecule has 0 aliphatic heterocycles. The first-order chi connectivity index (χ1) is 14.5. The average molecular weight is 405 g/mol. The van der Waals surface area contributed by atoms with Crippen molar-refractivity contribution in [2.45, 2.75) is 0 Å². The van der Waals surface area contributed by atoms with E-state index in [-0.39, 0.29) is 11.4 Å². The minimum atomic E-state index is -0.701. The summed E-state index contributed by atoms with van der Waals surface area (Å²) in [5.74, 6) is 0.252. The maximum Gasteiger partial charge on any atom is 0.331 e. The summed E-state index contributed by atoms with van der Waals surface area (Å²) in [6.07, 6.45) is 2.70. The quantitative estimate of drug-likeness (QED) is 0.267. The van der Waals surface area contributed by atoms with Gasteiger partial charge in [-0.25, -0.2) is 9.78 Å². The molecule has 0 unspecified atom stereocenters. The Hall–Kier alpha value is -4.25. The van der Waals surface area contributed by atoms with Gasteiger partial charge in [-0.2, -0.15) is 5.26 Å². The van der Waals surface area contributed by atoms with Gasteiger partial charge >= 0.3 is 5.97 Å². The lowest BCUT2D eigenvalue weighted by molar-refractivity contribution is -0.137. The highest BCUT2D eigenvalue weighted by Gasteiger charge is 2.14. The van der Waals surface area contributed by atoms with E-state index in [0.29, 0.717) is 22.6 Å². The third kappa shape index (κ3) is 4.59. The smallest absolute Gasteiger partial charge is 0.331 e. The van der Waals surface area contributed by atoms with Crippen LogP contribution in [0.5, 0.6) is 11.5 Å². The van der Waals surface area contributed by atoms with Crippen molar-refractivity contribution in [2.24, 2.45) is 0 Å². The second-order valence-electron chi connectivity index (χ2n) is 6.08. The number of aromatic nitrogens is 2. The number of nitrogens with zero attached hydrogens (tertiary/aromatic N) is 2. The molecule has 3 aromatic rings. The molecule has 1 aromatic heterocycles. The van der Waals surface area contributed by atoms with Gasteiger partial charge < -0.3 is 24.3 Å². The molecule has 1 heterocycles. The molecule has 2 aromatic carbocycles. The van der Waals surface area contributed by atoms with E-state index in [2.05, 4.69) is 9.97 Å². The molecule has 3 rings (SSSR count). The molecule has 30 heavy (non-hydrogen) atoms. The summed E-state index contributed by atoms with van der Waals surface area (Å²) < 4.78 is 15.4. The van der Waals surface area contributed by atoms with Crippen LogP contribution in [0.25, 0.3) is 22.7 Å². The lowest BCUT2D eigenvalue weighted by Gasteiger charge is -2.07. The van der Waals surface area contributed by atoms with Crippen molar-refractivity contribution >= 4 is 28.7 Å². The van der Waals surface area contributed by atoms with Crippen molar-refractivity contribution in [1.29, 1.82) is 5.26 Å². The number of nitrogens with one attached hydrogen (secondary N) is 1. The third-order valence-corrected chi connectivity index (χ3v) is 4.21. The second kappa shape index (κ2) is 9.30. The molecule has 0 saturated carbocycles. The number of nitriles is 1. The molecular weight excluding hydrogens is 386 g/mol. The highest BCUT2D eigenvalue weighted by molar-refractivity contribution is 5.88. The summed E-state index contributed by atoms with van der Waals surface area (Å²) in [5, 5.41) is 19.6. The number of hydrogen-bond donors (Lipinski definition) is 2. The van der Waals surface area contributed by atoms with Crippen LogP contribution in [-0.2, 0) is 9.53 Å². The van der Waals surface area contributed by atoms with Gasteiger partial charge in [0.05, 0.1) is 25.3 Å². The Morgan fingerprint density at radius 3 is 2.73 bits per heavy atom. The van der Waals surface area contributed by atoms with Crippen molar-refractivity contribution in [2.75, 3.05) is 20.8 Å². The number of imidazole rings is 1. The van der Waals surface area contributed by atoms with Gasteiger partial charge in [-0.15, -0.1) is 0 Å². The number of carbonyl (C=O) groups excluding carboxylic acids is 1. The van der Waals surface area contributed by atoms with E-state index in [1.165, 1.54) is 26.4 Å². The number of aromatic amines is 1. The van der Waals surface area contributed by atoms with Gasteiger partial charge in [0, 0.05) is 11.6 Å². The average Bonchev–Trinajstić information content (AvgIpc) is 3.20. The fraction of sp³-hybridized carbons (Fsp3) is 0.136. The third-order valence-electron chi connectivity index (χ3n) is 4.21. The molecule has 152 valence electrons. The number of H-pyrrole nitrogens is 1. The maximum atomic E-state index is 12.0. The predicted molar refractivity (Wildman–Crippen MR) is 111 cm³/mol. The Labute approximate surface area is 172 Å². The number of rotatable bonds is 7. The van der Waals surface area contributed by atoms with E-state index in [0.717, 1.165) is 5.52 Å². The van der Waals surface area contributed by atoms with Crippen LogP contribution in [0.3, 0.4) is 0 Å². The molecule has 0 fully saturated rings. The highest BCUT2D eigenvalue weighted by atomic mass is 16.5. The SMILES string of the molecule is COc1ccc(OC)c(C=CC(=O)OCC(O)=C(C#N)c2nc3ccccc3[nH]2)c1. The standard InChI is InChI=1S/C22H19N3O5/c1-28-15-8-9-20(29-2)14(11-15)7-10-21(27)30-13-19(26)16(12-23)22-24-17-5-3-4-6-18(17)25-22/h3-11,26H,13H2,1-2H3,(H,24,25).